The summed E-state index contributed by atoms with van der Waals surface area (Å²) in [6.07, 6.45) is 0.822. The lowest BCUT2D eigenvalue weighted by Crippen LogP contribution is -2.41. The third-order valence-corrected chi connectivity index (χ3v) is 4.48. The third kappa shape index (κ3) is 2.21. The molecule has 0 spiro atoms. The first-order valence-electron chi connectivity index (χ1n) is 4.56. The van der Waals surface area contributed by atoms with Crippen LogP contribution in [0.15, 0.2) is 0 Å². The minimum Gasteiger partial charge on any atom is -0.377 e. The monoisotopic (exact) mass is 207 g/mol. The van der Waals surface area contributed by atoms with Crippen molar-refractivity contribution in [1.29, 1.82) is 0 Å². The molecule has 0 aromatic rings. The molecular formula is C8H17NO3S. The van der Waals surface area contributed by atoms with Gasteiger partial charge in [-0.05, 0) is 20.3 Å². The first-order valence-corrected chi connectivity index (χ1v) is 6.17. The van der Waals surface area contributed by atoms with Crippen molar-refractivity contribution in [3.05, 3.63) is 0 Å². The fraction of sp³-hybridized carbons (Fsp3) is 1.00. The van der Waals surface area contributed by atoms with Gasteiger partial charge in [0, 0.05) is 13.7 Å². The lowest BCUT2D eigenvalue weighted by atomic mass is 10.2. The molecule has 4 nitrogen and oxygen atoms in total. The van der Waals surface area contributed by atoms with Gasteiger partial charge in [-0.15, -0.1) is 0 Å². The van der Waals surface area contributed by atoms with Gasteiger partial charge in [-0.2, -0.15) is 4.31 Å². The molecule has 0 aromatic carbocycles. The second-order valence-electron chi connectivity index (χ2n) is 3.35. The predicted octanol–water partition coefficient (Wildman–Crippen LogP) is 0.445. The van der Waals surface area contributed by atoms with Crippen molar-refractivity contribution in [3.8, 4) is 0 Å². The molecule has 0 N–H and O–H groups in total. The van der Waals surface area contributed by atoms with Crippen molar-refractivity contribution in [2.45, 2.75) is 32.4 Å². The van der Waals surface area contributed by atoms with E-state index in [1.54, 1.807) is 14.0 Å². The number of rotatable bonds is 3. The minimum atomic E-state index is -3.06. The summed E-state index contributed by atoms with van der Waals surface area (Å²) >= 11 is 0. The molecule has 0 aliphatic carbocycles. The molecule has 5 heteroatoms. The Balaban J connectivity index is 2.72. The normalized spacial score (nSPS) is 29.8. The second kappa shape index (κ2) is 3.94. The van der Waals surface area contributed by atoms with Gasteiger partial charge in [0.2, 0.25) is 10.0 Å². The average Bonchev–Trinajstić information content (AvgIpc) is 2.50. The van der Waals surface area contributed by atoms with E-state index in [-0.39, 0.29) is 17.9 Å². The van der Waals surface area contributed by atoms with Crippen molar-refractivity contribution in [2.75, 3.05) is 19.4 Å². The lowest BCUT2D eigenvalue weighted by Gasteiger charge is -2.25. The molecule has 1 saturated heterocycles. The molecule has 0 aromatic heterocycles. The van der Waals surface area contributed by atoms with E-state index in [2.05, 4.69) is 0 Å². The molecule has 0 radical (unpaired) electrons. The number of hydrogen-bond acceptors (Lipinski definition) is 3. The van der Waals surface area contributed by atoms with Crippen LogP contribution in [0.3, 0.4) is 0 Å². The molecule has 0 saturated carbocycles. The first kappa shape index (κ1) is 10.9. The van der Waals surface area contributed by atoms with Crippen LogP contribution in [0.4, 0.5) is 0 Å². The van der Waals surface area contributed by atoms with Crippen LogP contribution in [0.2, 0.25) is 0 Å². The van der Waals surface area contributed by atoms with Gasteiger partial charge in [0.25, 0.3) is 0 Å². The topological polar surface area (TPSA) is 46.6 Å². The molecule has 0 bridgehead atoms. The van der Waals surface area contributed by atoms with Crippen molar-refractivity contribution < 1.29 is 13.2 Å². The molecule has 1 rings (SSSR count). The Morgan fingerprint density at radius 2 is 2.15 bits per heavy atom. The fourth-order valence-electron chi connectivity index (χ4n) is 1.61. The summed E-state index contributed by atoms with van der Waals surface area (Å²) in [4.78, 5) is 0. The van der Waals surface area contributed by atoms with Crippen LogP contribution in [-0.4, -0.2) is 44.3 Å². The Hall–Kier alpha value is -0.130. The van der Waals surface area contributed by atoms with E-state index in [0.29, 0.717) is 6.61 Å². The third-order valence-electron chi connectivity index (χ3n) is 2.61. The number of ether oxygens (including phenoxy) is 1. The summed E-state index contributed by atoms with van der Waals surface area (Å²) in [6, 6.07) is 0.0185. The van der Waals surface area contributed by atoms with Gasteiger partial charge in [0.05, 0.1) is 17.9 Å². The van der Waals surface area contributed by atoms with Gasteiger partial charge < -0.3 is 4.74 Å². The Morgan fingerprint density at radius 1 is 1.54 bits per heavy atom. The zero-order chi connectivity index (χ0) is 10.1. The van der Waals surface area contributed by atoms with E-state index in [4.69, 9.17) is 4.74 Å². The SMILES string of the molecule is CCS(=O)(=O)N(C)[C@H]1CCO[C@H]1C. The van der Waals surface area contributed by atoms with Crippen LogP contribution in [0.25, 0.3) is 0 Å². The van der Waals surface area contributed by atoms with Crippen molar-refractivity contribution in [1.82, 2.24) is 4.31 Å². The highest BCUT2D eigenvalue weighted by Gasteiger charge is 2.33. The quantitative estimate of drug-likeness (QED) is 0.675. The second-order valence-corrected chi connectivity index (χ2v) is 5.67. The summed E-state index contributed by atoms with van der Waals surface area (Å²) in [5.41, 5.74) is 0. The Bertz CT molecular complexity index is 263. The lowest BCUT2D eigenvalue weighted by molar-refractivity contribution is 0.102. The smallest absolute Gasteiger partial charge is 0.213 e. The van der Waals surface area contributed by atoms with E-state index < -0.39 is 10.0 Å². The van der Waals surface area contributed by atoms with Gasteiger partial charge in [0.1, 0.15) is 0 Å². The van der Waals surface area contributed by atoms with Gasteiger partial charge in [-0.3, -0.25) is 0 Å². The zero-order valence-electron chi connectivity index (χ0n) is 8.36. The van der Waals surface area contributed by atoms with Gasteiger partial charge >= 0.3 is 0 Å². The number of hydrogen-bond donors (Lipinski definition) is 0. The predicted molar refractivity (Wildman–Crippen MR) is 51.0 cm³/mol. The van der Waals surface area contributed by atoms with Crippen LogP contribution in [0.1, 0.15) is 20.3 Å². The van der Waals surface area contributed by atoms with E-state index in [9.17, 15) is 8.42 Å². The maximum Gasteiger partial charge on any atom is 0.213 e. The summed E-state index contributed by atoms with van der Waals surface area (Å²) in [5, 5.41) is 0. The van der Waals surface area contributed by atoms with Crippen LogP contribution in [-0.2, 0) is 14.8 Å². The highest BCUT2D eigenvalue weighted by Crippen LogP contribution is 2.20. The molecule has 1 heterocycles. The van der Waals surface area contributed by atoms with E-state index >= 15 is 0 Å². The highest BCUT2D eigenvalue weighted by atomic mass is 32.2. The van der Waals surface area contributed by atoms with Gasteiger partial charge in [-0.1, -0.05) is 0 Å². The largest absolute Gasteiger partial charge is 0.377 e. The van der Waals surface area contributed by atoms with Gasteiger partial charge in [0.15, 0.2) is 0 Å². The molecule has 0 unspecified atom stereocenters. The Labute approximate surface area is 79.9 Å². The summed E-state index contributed by atoms with van der Waals surface area (Å²) in [6.45, 7) is 4.24. The number of likely N-dealkylation sites (N-methyl/N-ethyl adjacent to an activating group) is 1. The maximum atomic E-state index is 11.5. The van der Waals surface area contributed by atoms with E-state index in [1.165, 1.54) is 4.31 Å². The molecule has 78 valence electrons. The maximum absolute atomic E-state index is 11.5. The molecule has 1 aliphatic heterocycles. The van der Waals surface area contributed by atoms with E-state index in [0.717, 1.165) is 6.42 Å². The molecule has 1 fully saturated rings. The van der Waals surface area contributed by atoms with Crippen molar-refractivity contribution >= 4 is 10.0 Å². The minimum absolute atomic E-state index is 0.0185. The van der Waals surface area contributed by atoms with Crippen molar-refractivity contribution in [3.63, 3.8) is 0 Å². The summed E-state index contributed by atoms with van der Waals surface area (Å²) < 4.78 is 29.8. The van der Waals surface area contributed by atoms with Crippen LogP contribution in [0, 0.1) is 0 Å². The molecule has 0 amide bonds. The zero-order valence-corrected chi connectivity index (χ0v) is 9.17. The summed E-state index contributed by atoms with van der Waals surface area (Å²) in [5.74, 6) is 0.159. The van der Waals surface area contributed by atoms with Crippen LogP contribution in [0.5, 0.6) is 0 Å². The first-order chi connectivity index (χ1) is 5.99. The molecule has 2 atom stereocenters. The summed E-state index contributed by atoms with van der Waals surface area (Å²) in [7, 11) is -1.43. The highest BCUT2D eigenvalue weighted by molar-refractivity contribution is 7.89. The Morgan fingerprint density at radius 3 is 2.54 bits per heavy atom. The average molecular weight is 207 g/mol. The van der Waals surface area contributed by atoms with Crippen molar-refractivity contribution in [2.24, 2.45) is 0 Å². The van der Waals surface area contributed by atoms with Gasteiger partial charge in [-0.25, -0.2) is 8.42 Å². The number of sulfonamides is 1. The Kier molecular flexibility index (Phi) is 3.32. The molecule has 1 aliphatic rings. The molecule has 13 heavy (non-hydrogen) atoms. The van der Waals surface area contributed by atoms with Crippen LogP contribution >= 0.6 is 0 Å². The van der Waals surface area contributed by atoms with Crippen LogP contribution < -0.4 is 0 Å². The standard InChI is InChI=1S/C8H17NO3S/c1-4-13(10,11)9(3)8-5-6-12-7(8)2/h7-8H,4-6H2,1-3H3/t7-,8-/m0/s1. The fourth-order valence-corrected chi connectivity index (χ4v) is 2.70. The molecular weight excluding hydrogens is 190 g/mol. The number of nitrogens with zero attached hydrogens (tertiary/aromatic N) is 1. The van der Waals surface area contributed by atoms with E-state index in [1.807, 2.05) is 6.92 Å².